The lowest BCUT2D eigenvalue weighted by molar-refractivity contribution is -0.0498. The Morgan fingerprint density at radius 2 is 1.72 bits per heavy atom. The van der Waals surface area contributed by atoms with E-state index in [1.54, 1.807) is 23.5 Å². The van der Waals surface area contributed by atoms with Gasteiger partial charge in [0.15, 0.2) is 0 Å². The molecule has 1 N–H and O–H groups in total. The molecular formula is C18H22F2N2O2S. The maximum absolute atomic E-state index is 12.2. The smallest absolute Gasteiger partial charge is 0.387 e. The van der Waals surface area contributed by atoms with Crippen molar-refractivity contribution in [1.82, 2.24) is 9.80 Å². The molecule has 1 aromatic heterocycles. The number of aliphatic hydroxyl groups excluding tert-OH is 1. The van der Waals surface area contributed by atoms with Crippen LogP contribution in [0.3, 0.4) is 0 Å². The van der Waals surface area contributed by atoms with Crippen molar-refractivity contribution in [2.24, 2.45) is 0 Å². The minimum atomic E-state index is -2.83. The Morgan fingerprint density at radius 1 is 1.04 bits per heavy atom. The number of halogens is 2. The van der Waals surface area contributed by atoms with Gasteiger partial charge in [-0.15, -0.1) is 11.3 Å². The molecule has 0 aliphatic carbocycles. The number of thiophene rings is 1. The Bertz CT molecular complexity index is 629. The lowest BCUT2D eigenvalue weighted by atomic mass is 10.1. The van der Waals surface area contributed by atoms with Crippen LogP contribution in [-0.4, -0.2) is 54.2 Å². The molecule has 1 unspecified atom stereocenters. The molecule has 0 amide bonds. The summed E-state index contributed by atoms with van der Waals surface area (Å²) in [5.74, 6) is 0.105. The normalized spacial score (nSPS) is 17.8. The second-order valence-corrected chi connectivity index (χ2v) is 7.15. The number of ether oxygens (including phenoxy) is 1. The fraction of sp³-hybridized carbons (Fsp3) is 0.444. The van der Waals surface area contributed by atoms with Crippen LogP contribution in [0, 0.1) is 0 Å². The lowest BCUT2D eigenvalue weighted by Gasteiger charge is -2.35. The second-order valence-electron chi connectivity index (χ2n) is 6.12. The molecule has 0 bridgehead atoms. The van der Waals surface area contributed by atoms with E-state index < -0.39 is 12.7 Å². The minimum absolute atomic E-state index is 0.105. The van der Waals surface area contributed by atoms with Crippen LogP contribution in [0.15, 0.2) is 41.8 Å². The zero-order valence-electron chi connectivity index (χ0n) is 13.9. The quantitative estimate of drug-likeness (QED) is 0.814. The average Bonchev–Trinajstić information content (AvgIpc) is 3.10. The van der Waals surface area contributed by atoms with Crippen LogP contribution in [0.4, 0.5) is 8.78 Å². The minimum Gasteiger partial charge on any atom is -0.435 e. The highest BCUT2D eigenvalue weighted by atomic mass is 32.1. The highest BCUT2D eigenvalue weighted by Gasteiger charge is 2.20. The summed E-state index contributed by atoms with van der Waals surface area (Å²) < 4.78 is 28.6. The maximum atomic E-state index is 12.2. The zero-order valence-corrected chi connectivity index (χ0v) is 14.7. The summed E-state index contributed by atoms with van der Waals surface area (Å²) in [5.41, 5.74) is 0.711. The van der Waals surface area contributed by atoms with Gasteiger partial charge in [-0.2, -0.15) is 8.78 Å². The van der Waals surface area contributed by atoms with E-state index >= 15 is 0 Å². The molecule has 0 radical (unpaired) electrons. The molecule has 1 aliphatic heterocycles. The second kappa shape index (κ2) is 8.71. The Kier molecular flexibility index (Phi) is 6.36. The van der Waals surface area contributed by atoms with Gasteiger partial charge in [-0.25, -0.2) is 0 Å². The van der Waals surface area contributed by atoms with Crippen molar-refractivity contribution in [3.8, 4) is 5.75 Å². The number of alkyl halides is 2. The summed E-state index contributed by atoms with van der Waals surface area (Å²) in [7, 11) is 0. The van der Waals surface area contributed by atoms with Crippen LogP contribution in [0.2, 0.25) is 0 Å². The van der Waals surface area contributed by atoms with Gasteiger partial charge in [-0.1, -0.05) is 18.2 Å². The zero-order chi connectivity index (χ0) is 17.6. The van der Waals surface area contributed by atoms with Gasteiger partial charge in [-0.3, -0.25) is 9.80 Å². The molecule has 2 aromatic rings. The number of rotatable bonds is 7. The van der Waals surface area contributed by atoms with Crippen LogP contribution in [0.5, 0.6) is 5.75 Å². The highest BCUT2D eigenvalue weighted by Crippen LogP contribution is 2.21. The first-order valence-electron chi connectivity index (χ1n) is 8.30. The third-order valence-corrected chi connectivity index (χ3v) is 5.21. The van der Waals surface area contributed by atoms with E-state index in [0.29, 0.717) is 12.1 Å². The van der Waals surface area contributed by atoms with E-state index in [4.69, 9.17) is 0 Å². The van der Waals surface area contributed by atoms with E-state index in [1.807, 2.05) is 0 Å². The summed E-state index contributed by atoms with van der Waals surface area (Å²) in [6, 6.07) is 10.4. The molecule has 4 nitrogen and oxygen atoms in total. The number of piperazine rings is 1. The maximum Gasteiger partial charge on any atom is 0.387 e. The third-order valence-electron chi connectivity index (χ3n) is 4.35. The number of benzene rings is 1. The molecule has 7 heteroatoms. The number of aliphatic hydroxyl groups is 1. The van der Waals surface area contributed by atoms with Crippen molar-refractivity contribution >= 4 is 11.3 Å². The van der Waals surface area contributed by atoms with Gasteiger partial charge in [0, 0.05) is 44.1 Å². The van der Waals surface area contributed by atoms with E-state index in [9.17, 15) is 13.9 Å². The van der Waals surface area contributed by atoms with E-state index in [2.05, 4.69) is 32.0 Å². The molecule has 3 rings (SSSR count). The van der Waals surface area contributed by atoms with E-state index in [1.165, 1.54) is 17.0 Å². The molecular weight excluding hydrogens is 346 g/mol. The van der Waals surface area contributed by atoms with Crippen molar-refractivity contribution in [2.45, 2.75) is 19.3 Å². The molecule has 0 spiro atoms. The number of hydrogen-bond donors (Lipinski definition) is 1. The Balaban J connectivity index is 1.45. The number of nitrogens with zero attached hydrogens (tertiary/aromatic N) is 2. The first kappa shape index (κ1) is 18.3. The first-order valence-corrected chi connectivity index (χ1v) is 9.18. The predicted octanol–water partition coefficient (Wildman–Crippen LogP) is 3.20. The Morgan fingerprint density at radius 3 is 2.32 bits per heavy atom. The standard InChI is InChI=1S/C18H22F2N2O2S/c19-18(20)24-15-5-3-14(4-6-15)17(23)13-22-9-7-21(8-10-22)12-16-2-1-11-25-16/h1-6,11,17-18,23H,7-10,12-13H2. The molecule has 136 valence electrons. The molecule has 25 heavy (non-hydrogen) atoms. The molecule has 1 fully saturated rings. The largest absolute Gasteiger partial charge is 0.435 e. The summed E-state index contributed by atoms with van der Waals surface area (Å²) >= 11 is 1.78. The SMILES string of the molecule is OC(CN1CCN(Cc2cccs2)CC1)c1ccc(OC(F)F)cc1. The molecule has 1 saturated heterocycles. The highest BCUT2D eigenvalue weighted by molar-refractivity contribution is 7.09. The lowest BCUT2D eigenvalue weighted by Crippen LogP contribution is -2.46. The topological polar surface area (TPSA) is 35.9 Å². The molecule has 1 atom stereocenters. The Hall–Kier alpha value is -1.54. The fourth-order valence-electron chi connectivity index (χ4n) is 2.97. The van der Waals surface area contributed by atoms with Gasteiger partial charge in [0.25, 0.3) is 0 Å². The summed E-state index contributed by atoms with van der Waals surface area (Å²) in [6.07, 6.45) is -0.635. The van der Waals surface area contributed by atoms with Gasteiger partial charge < -0.3 is 9.84 Å². The average molecular weight is 368 g/mol. The Labute approximate surface area is 150 Å². The van der Waals surface area contributed by atoms with E-state index in [-0.39, 0.29) is 5.75 Å². The van der Waals surface area contributed by atoms with E-state index in [0.717, 1.165) is 32.7 Å². The van der Waals surface area contributed by atoms with Crippen LogP contribution < -0.4 is 4.74 Å². The third kappa shape index (κ3) is 5.47. The molecule has 0 saturated carbocycles. The van der Waals surface area contributed by atoms with Gasteiger partial charge in [0.1, 0.15) is 5.75 Å². The van der Waals surface area contributed by atoms with Gasteiger partial charge in [0.2, 0.25) is 0 Å². The number of hydrogen-bond acceptors (Lipinski definition) is 5. The van der Waals surface area contributed by atoms with Crippen LogP contribution >= 0.6 is 11.3 Å². The summed E-state index contributed by atoms with van der Waals surface area (Å²) in [5, 5.41) is 12.5. The van der Waals surface area contributed by atoms with Gasteiger partial charge in [-0.05, 0) is 29.1 Å². The summed E-state index contributed by atoms with van der Waals surface area (Å²) in [4.78, 5) is 6.03. The molecule has 1 aliphatic rings. The van der Waals surface area contributed by atoms with Crippen LogP contribution in [-0.2, 0) is 6.54 Å². The van der Waals surface area contributed by atoms with Crippen molar-refractivity contribution in [3.05, 3.63) is 52.2 Å². The number of β-amino-alcohol motifs (C(OH)–C–C–N with tert-alkyl or cyclic N) is 1. The molecule has 1 aromatic carbocycles. The van der Waals surface area contributed by atoms with Crippen molar-refractivity contribution in [1.29, 1.82) is 0 Å². The van der Waals surface area contributed by atoms with Gasteiger partial charge in [0.05, 0.1) is 6.10 Å². The van der Waals surface area contributed by atoms with Crippen LogP contribution in [0.25, 0.3) is 0 Å². The van der Waals surface area contributed by atoms with Crippen LogP contribution in [0.1, 0.15) is 16.5 Å². The van der Waals surface area contributed by atoms with Crippen molar-refractivity contribution in [2.75, 3.05) is 32.7 Å². The van der Waals surface area contributed by atoms with Crippen molar-refractivity contribution < 1.29 is 18.6 Å². The van der Waals surface area contributed by atoms with Gasteiger partial charge >= 0.3 is 6.61 Å². The predicted molar refractivity (Wildman–Crippen MR) is 94.1 cm³/mol. The monoisotopic (exact) mass is 368 g/mol. The first-order chi connectivity index (χ1) is 12.1. The fourth-order valence-corrected chi connectivity index (χ4v) is 3.72. The molecule has 2 heterocycles. The van der Waals surface area contributed by atoms with Crippen molar-refractivity contribution in [3.63, 3.8) is 0 Å². The summed E-state index contributed by atoms with van der Waals surface area (Å²) in [6.45, 7) is 2.48.